The maximum Gasteiger partial charge on any atom is 0.282 e. The van der Waals surface area contributed by atoms with Crippen LogP contribution in [-0.2, 0) is 9.59 Å². The molecule has 7 heteroatoms. The van der Waals surface area contributed by atoms with Crippen LogP contribution < -0.4 is 4.90 Å². The van der Waals surface area contributed by atoms with Gasteiger partial charge >= 0.3 is 0 Å². The molecule has 0 atom stereocenters. The van der Waals surface area contributed by atoms with Gasteiger partial charge in [-0.15, -0.1) is 11.3 Å². The summed E-state index contributed by atoms with van der Waals surface area (Å²) in [4.78, 5) is 33.3. The molecule has 2 aromatic rings. The van der Waals surface area contributed by atoms with Crippen LogP contribution in [-0.4, -0.2) is 66.1 Å². The number of hydrogen-bond donors (Lipinski definition) is 1. The first-order valence-corrected chi connectivity index (χ1v) is 11.2. The maximum absolute atomic E-state index is 13.5. The van der Waals surface area contributed by atoms with Gasteiger partial charge < -0.3 is 10.0 Å². The highest BCUT2D eigenvalue weighted by Gasteiger charge is 2.43. The standard InChI is InChI=1S/C23H27N3O3S/c1-16(2)17-5-7-18(8-6-17)26-22(28)20(19-4-3-15-30-19)21(23(26)29)25-11-9-24(10-12-25)13-14-27/h3-8,15-16,27H,9-14H2,1-2H3. The predicted molar refractivity (Wildman–Crippen MR) is 119 cm³/mol. The Kier molecular flexibility index (Phi) is 6.04. The summed E-state index contributed by atoms with van der Waals surface area (Å²) in [6, 6.07) is 11.5. The third-order valence-electron chi connectivity index (χ3n) is 5.75. The highest BCUT2D eigenvalue weighted by molar-refractivity contribution is 7.11. The second-order valence-electron chi connectivity index (χ2n) is 7.95. The predicted octanol–water partition coefficient (Wildman–Crippen LogP) is 2.77. The average Bonchev–Trinajstić information content (AvgIpc) is 3.35. The smallest absolute Gasteiger partial charge is 0.282 e. The number of hydrogen-bond acceptors (Lipinski definition) is 6. The Morgan fingerprint density at radius 2 is 1.70 bits per heavy atom. The first-order valence-electron chi connectivity index (χ1n) is 10.4. The van der Waals surface area contributed by atoms with Crippen molar-refractivity contribution in [1.82, 2.24) is 9.80 Å². The molecule has 1 aromatic carbocycles. The highest BCUT2D eigenvalue weighted by atomic mass is 32.1. The van der Waals surface area contributed by atoms with Crippen LogP contribution in [0.5, 0.6) is 0 Å². The van der Waals surface area contributed by atoms with Crippen LogP contribution in [0, 0.1) is 0 Å². The zero-order valence-electron chi connectivity index (χ0n) is 17.4. The molecular weight excluding hydrogens is 398 g/mol. The van der Waals surface area contributed by atoms with Gasteiger partial charge in [-0.2, -0.15) is 0 Å². The minimum absolute atomic E-state index is 0.126. The van der Waals surface area contributed by atoms with Crippen molar-refractivity contribution < 1.29 is 14.7 Å². The normalized spacial score (nSPS) is 18.3. The summed E-state index contributed by atoms with van der Waals surface area (Å²) in [7, 11) is 0. The van der Waals surface area contributed by atoms with E-state index < -0.39 is 0 Å². The van der Waals surface area contributed by atoms with E-state index in [2.05, 4.69) is 18.7 Å². The number of nitrogens with zero attached hydrogens (tertiary/aromatic N) is 3. The summed E-state index contributed by atoms with van der Waals surface area (Å²) in [5, 5.41) is 11.1. The number of aliphatic hydroxyl groups excluding tert-OH is 1. The highest BCUT2D eigenvalue weighted by Crippen LogP contribution is 2.37. The number of carbonyl (C=O) groups is 2. The Balaban J connectivity index is 1.67. The lowest BCUT2D eigenvalue weighted by Crippen LogP contribution is -2.48. The van der Waals surface area contributed by atoms with Crippen molar-refractivity contribution in [2.24, 2.45) is 0 Å². The van der Waals surface area contributed by atoms with Crippen molar-refractivity contribution in [3.63, 3.8) is 0 Å². The van der Waals surface area contributed by atoms with Crippen molar-refractivity contribution in [1.29, 1.82) is 0 Å². The summed E-state index contributed by atoms with van der Waals surface area (Å²) in [5.74, 6) is -0.126. The molecule has 4 rings (SSSR count). The molecule has 0 bridgehead atoms. The molecule has 1 fully saturated rings. The van der Waals surface area contributed by atoms with Gasteiger partial charge in [0.2, 0.25) is 0 Å². The number of amides is 2. The number of anilines is 1. The SMILES string of the molecule is CC(C)c1ccc(N2C(=O)C(c3cccs3)=C(N3CCN(CCO)CC3)C2=O)cc1. The molecule has 0 radical (unpaired) electrons. The summed E-state index contributed by atoms with van der Waals surface area (Å²) < 4.78 is 0. The summed E-state index contributed by atoms with van der Waals surface area (Å²) in [6.07, 6.45) is 0. The molecular formula is C23H27N3O3S. The fourth-order valence-electron chi connectivity index (χ4n) is 4.03. The lowest BCUT2D eigenvalue weighted by molar-refractivity contribution is -0.120. The van der Waals surface area contributed by atoms with Crippen molar-refractivity contribution in [3.05, 3.63) is 57.9 Å². The van der Waals surface area contributed by atoms with Gasteiger partial charge in [-0.3, -0.25) is 14.5 Å². The van der Waals surface area contributed by atoms with Crippen LogP contribution in [0.4, 0.5) is 5.69 Å². The Labute approximate surface area is 181 Å². The minimum atomic E-state index is -0.257. The molecule has 1 N–H and O–H groups in total. The van der Waals surface area contributed by atoms with E-state index in [1.807, 2.05) is 46.7 Å². The maximum atomic E-state index is 13.5. The molecule has 0 spiro atoms. The molecule has 1 aromatic heterocycles. The molecule has 1 saturated heterocycles. The molecule has 30 heavy (non-hydrogen) atoms. The Morgan fingerprint density at radius 1 is 1.00 bits per heavy atom. The fourth-order valence-corrected chi connectivity index (χ4v) is 4.80. The van der Waals surface area contributed by atoms with E-state index in [9.17, 15) is 14.7 Å². The number of rotatable bonds is 6. The van der Waals surface area contributed by atoms with Crippen LogP contribution in [0.3, 0.4) is 0 Å². The average molecular weight is 426 g/mol. The number of thiophene rings is 1. The summed E-state index contributed by atoms with van der Waals surface area (Å²) >= 11 is 1.48. The summed E-state index contributed by atoms with van der Waals surface area (Å²) in [6.45, 7) is 7.82. The third-order valence-corrected chi connectivity index (χ3v) is 6.64. The fraction of sp³-hybridized carbons (Fsp3) is 0.391. The van der Waals surface area contributed by atoms with E-state index in [0.29, 0.717) is 42.5 Å². The lowest BCUT2D eigenvalue weighted by atomic mass is 10.0. The van der Waals surface area contributed by atoms with Crippen LogP contribution in [0.15, 0.2) is 47.5 Å². The van der Waals surface area contributed by atoms with E-state index in [-0.39, 0.29) is 18.4 Å². The van der Waals surface area contributed by atoms with Crippen molar-refractivity contribution in [2.75, 3.05) is 44.2 Å². The van der Waals surface area contributed by atoms with Gasteiger partial charge in [-0.05, 0) is 35.1 Å². The quantitative estimate of drug-likeness (QED) is 0.721. The first-order chi connectivity index (χ1) is 14.5. The van der Waals surface area contributed by atoms with Gasteiger partial charge in [0.1, 0.15) is 5.70 Å². The number of imide groups is 1. The molecule has 3 heterocycles. The second-order valence-corrected chi connectivity index (χ2v) is 8.89. The van der Waals surface area contributed by atoms with E-state index in [0.717, 1.165) is 18.0 Å². The molecule has 2 aliphatic rings. The van der Waals surface area contributed by atoms with E-state index in [4.69, 9.17) is 0 Å². The van der Waals surface area contributed by atoms with Gasteiger partial charge in [0.25, 0.3) is 11.8 Å². The Bertz CT molecular complexity index is 943. The molecule has 158 valence electrons. The number of benzene rings is 1. The molecule has 0 unspecified atom stereocenters. The minimum Gasteiger partial charge on any atom is -0.395 e. The third kappa shape index (κ3) is 3.80. The van der Waals surface area contributed by atoms with E-state index in [1.165, 1.54) is 21.8 Å². The molecule has 6 nitrogen and oxygen atoms in total. The number of aliphatic hydroxyl groups is 1. The largest absolute Gasteiger partial charge is 0.395 e. The number of piperazine rings is 1. The van der Waals surface area contributed by atoms with Crippen molar-refractivity contribution >= 4 is 34.4 Å². The van der Waals surface area contributed by atoms with Crippen molar-refractivity contribution in [2.45, 2.75) is 19.8 Å². The van der Waals surface area contributed by atoms with Gasteiger partial charge in [0.05, 0.1) is 17.9 Å². The van der Waals surface area contributed by atoms with Crippen molar-refractivity contribution in [3.8, 4) is 0 Å². The number of β-amino-alcohol motifs (C(OH)–C–C–N with tert-alkyl or cyclic N) is 1. The topological polar surface area (TPSA) is 64.1 Å². The molecule has 2 amide bonds. The van der Waals surface area contributed by atoms with E-state index >= 15 is 0 Å². The zero-order valence-corrected chi connectivity index (χ0v) is 18.2. The van der Waals surface area contributed by atoms with Gasteiger partial charge in [0.15, 0.2) is 0 Å². The first kappa shape index (κ1) is 20.8. The Morgan fingerprint density at radius 3 is 2.27 bits per heavy atom. The number of carbonyl (C=O) groups excluding carboxylic acids is 2. The van der Waals surface area contributed by atoms with E-state index in [1.54, 1.807) is 0 Å². The Hall–Kier alpha value is -2.48. The molecule has 0 aliphatic carbocycles. The van der Waals surface area contributed by atoms with Crippen LogP contribution in [0.1, 0.15) is 30.2 Å². The van der Waals surface area contributed by atoms with Gasteiger partial charge in [0, 0.05) is 37.6 Å². The van der Waals surface area contributed by atoms with Gasteiger partial charge in [-0.25, -0.2) is 4.90 Å². The molecule has 0 saturated carbocycles. The van der Waals surface area contributed by atoms with Crippen LogP contribution in [0.2, 0.25) is 0 Å². The van der Waals surface area contributed by atoms with Crippen LogP contribution >= 0.6 is 11.3 Å². The monoisotopic (exact) mass is 425 g/mol. The zero-order chi connectivity index (χ0) is 21.3. The second kappa shape index (κ2) is 8.71. The molecule has 2 aliphatic heterocycles. The summed E-state index contributed by atoms with van der Waals surface area (Å²) in [5.41, 5.74) is 2.78. The van der Waals surface area contributed by atoms with Gasteiger partial charge in [-0.1, -0.05) is 32.0 Å². The lowest BCUT2D eigenvalue weighted by Gasteiger charge is -2.36. The van der Waals surface area contributed by atoms with Crippen LogP contribution in [0.25, 0.3) is 5.57 Å².